The molecule has 0 aliphatic heterocycles. The van der Waals surface area contributed by atoms with Crippen molar-refractivity contribution in [1.29, 1.82) is 0 Å². The summed E-state index contributed by atoms with van der Waals surface area (Å²) < 4.78 is 5.21. The summed E-state index contributed by atoms with van der Waals surface area (Å²) in [6, 6.07) is 9.34. The Bertz CT molecular complexity index is 354. The van der Waals surface area contributed by atoms with Gasteiger partial charge in [0.1, 0.15) is 0 Å². The maximum Gasteiger partial charge on any atom is 0.0615 e. The molecule has 2 atom stereocenters. The Kier molecular flexibility index (Phi) is 6.33. The van der Waals surface area contributed by atoms with Gasteiger partial charge >= 0.3 is 0 Å². The van der Waals surface area contributed by atoms with E-state index in [0.717, 1.165) is 13.2 Å². The second-order valence-corrected chi connectivity index (χ2v) is 4.94. The van der Waals surface area contributed by atoms with E-state index in [1.165, 1.54) is 11.1 Å². The third kappa shape index (κ3) is 4.09. The molecule has 3 nitrogen and oxygen atoms in total. The predicted octanol–water partition coefficient (Wildman–Crippen LogP) is 2.22. The lowest BCUT2D eigenvalue weighted by atomic mass is 10.0. The molecule has 0 radical (unpaired) electrons. The Morgan fingerprint density at radius 1 is 1.33 bits per heavy atom. The Morgan fingerprint density at radius 3 is 2.56 bits per heavy atom. The molecule has 18 heavy (non-hydrogen) atoms. The maximum absolute atomic E-state index is 5.21. The fourth-order valence-corrected chi connectivity index (χ4v) is 2.16. The van der Waals surface area contributed by atoms with Crippen molar-refractivity contribution in [2.75, 3.05) is 34.4 Å². The third-order valence-electron chi connectivity index (χ3n) is 3.54. The molecule has 0 saturated carbocycles. The van der Waals surface area contributed by atoms with E-state index in [0.29, 0.717) is 12.1 Å². The van der Waals surface area contributed by atoms with Gasteiger partial charge in [-0.25, -0.2) is 0 Å². The topological polar surface area (TPSA) is 24.5 Å². The quantitative estimate of drug-likeness (QED) is 0.803. The van der Waals surface area contributed by atoms with Crippen molar-refractivity contribution in [2.24, 2.45) is 0 Å². The van der Waals surface area contributed by atoms with Crippen molar-refractivity contribution in [1.82, 2.24) is 10.2 Å². The SMILES string of the molecule is CNC(CN(C)C(C)COC)c1ccccc1C. The van der Waals surface area contributed by atoms with Crippen LogP contribution in [0.1, 0.15) is 24.1 Å². The lowest BCUT2D eigenvalue weighted by Gasteiger charge is -2.29. The van der Waals surface area contributed by atoms with E-state index < -0.39 is 0 Å². The van der Waals surface area contributed by atoms with E-state index >= 15 is 0 Å². The van der Waals surface area contributed by atoms with Crippen molar-refractivity contribution in [3.63, 3.8) is 0 Å². The molecule has 0 amide bonds. The average molecular weight is 250 g/mol. The fourth-order valence-electron chi connectivity index (χ4n) is 2.16. The summed E-state index contributed by atoms with van der Waals surface area (Å²) in [4.78, 5) is 2.33. The molecule has 1 N–H and O–H groups in total. The lowest BCUT2D eigenvalue weighted by molar-refractivity contribution is 0.110. The highest BCUT2D eigenvalue weighted by atomic mass is 16.5. The summed E-state index contributed by atoms with van der Waals surface area (Å²) in [6.07, 6.45) is 0. The summed E-state index contributed by atoms with van der Waals surface area (Å²) in [6.45, 7) is 6.10. The van der Waals surface area contributed by atoms with E-state index in [1.54, 1.807) is 7.11 Å². The van der Waals surface area contributed by atoms with Gasteiger partial charge in [-0.15, -0.1) is 0 Å². The van der Waals surface area contributed by atoms with Gasteiger partial charge in [0, 0.05) is 25.7 Å². The number of ether oxygens (including phenoxy) is 1. The first kappa shape index (κ1) is 15.2. The third-order valence-corrected chi connectivity index (χ3v) is 3.54. The van der Waals surface area contributed by atoms with Crippen LogP contribution in [0.2, 0.25) is 0 Å². The molecule has 102 valence electrons. The molecule has 1 aromatic carbocycles. The van der Waals surface area contributed by atoms with Crippen LogP contribution in [0.4, 0.5) is 0 Å². The highest BCUT2D eigenvalue weighted by Gasteiger charge is 2.17. The first-order chi connectivity index (χ1) is 8.60. The first-order valence-electron chi connectivity index (χ1n) is 6.52. The zero-order valence-corrected chi connectivity index (χ0v) is 12.2. The van der Waals surface area contributed by atoms with Crippen molar-refractivity contribution in [3.05, 3.63) is 35.4 Å². The van der Waals surface area contributed by atoms with Gasteiger partial charge in [0.25, 0.3) is 0 Å². The standard InChI is InChI=1S/C15H26N2O/c1-12-8-6-7-9-14(12)15(16-3)10-17(4)13(2)11-18-5/h6-9,13,15-16H,10-11H2,1-5H3. The molecule has 0 heterocycles. The molecular formula is C15H26N2O. The van der Waals surface area contributed by atoms with Crippen LogP contribution in [0, 0.1) is 6.92 Å². The highest BCUT2D eigenvalue weighted by Crippen LogP contribution is 2.18. The van der Waals surface area contributed by atoms with Crippen molar-refractivity contribution < 1.29 is 4.74 Å². The van der Waals surface area contributed by atoms with Gasteiger partial charge in [-0.3, -0.25) is 4.90 Å². The van der Waals surface area contributed by atoms with Gasteiger partial charge in [-0.1, -0.05) is 24.3 Å². The first-order valence-corrected chi connectivity index (χ1v) is 6.52. The molecule has 2 unspecified atom stereocenters. The molecule has 1 rings (SSSR count). The summed E-state index contributed by atoms with van der Waals surface area (Å²) in [7, 11) is 5.92. The van der Waals surface area contributed by atoms with Gasteiger partial charge in [0.2, 0.25) is 0 Å². The zero-order chi connectivity index (χ0) is 13.5. The monoisotopic (exact) mass is 250 g/mol. The number of hydrogen-bond acceptors (Lipinski definition) is 3. The van der Waals surface area contributed by atoms with Crippen LogP contribution < -0.4 is 5.32 Å². The summed E-state index contributed by atoms with van der Waals surface area (Å²) in [5.41, 5.74) is 2.71. The minimum absolute atomic E-state index is 0.357. The molecule has 3 heteroatoms. The van der Waals surface area contributed by atoms with Crippen LogP contribution >= 0.6 is 0 Å². The van der Waals surface area contributed by atoms with Gasteiger partial charge in [-0.2, -0.15) is 0 Å². The number of nitrogens with zero attached hydrogens (tertiary/aromatic N) is 1. The summed E-state index contributed by atoms with van der Waals surface area (Å²) >= 11 is 0. The lowest BCUT2D eigenvalue weighted by Crippen LogP contribution is -2.39. The van der Waals surface area contributed by atoms with Gasteiger partial charge in [0.15, 0.2) is 0 Å². The molecule has 0 aromatic heterocycles. The second-order valence-electron chi connectivity index (χ2n) is 4.94. The maximum atomic E-state index is 5.21. The molecule has 0 spiro atoms. The van der Waals surface area contributed by atoms with Crippen LogP contribution in [-0.2, 0) is 4.74 Å². The zero-order valence-electron chi connectivity index (χ0n) is 12.2. The second kappa shape index (κ2) is 7.52. The normalized spacial score (nSPS) is 14.8. The van der Waals surface area contributed by atoms with E-state index in [1.807, 2.05) is 7.05 Å². The highest BCUT2D eigenvalue weighted by molar-refractivity contribution is 5.28. The molecule has 0 aliphatic carbocycles. The van der Waals surface area contributed by atoms with E-state index in [9.17, 15) is 0 Å². The summed E-state index contributed by atoms with van der Waals surface area (Å²) in [5, 5.41) is 3.40. The number of methoxy groups -OCH3 is 1. The number of benzene rings is 1. The molecule has 0 fully saturated rings. The summed E-state index contributed by atoms with van der Waals surface area (Å²) in [5.74, 6) is 0. The van der Waals surface area contributed by atoms with E-state index in [4.69, 9.17) is 4.74 Å². The van der Waals surface area contributed by atoms with Gasteiger partial charge < -0.3 is 10.1 Å². The van der Waals surface area contributed by atoms with Crippen molar-refractivity contribution in [2.45, 2.75) is 25.9 Å². The van der Waals surface area contributed by atoms with Crippen molar-refractivity contribution >= 4 is 0 Å². The van der Waals surface area contributed by atoms with Crippen LogP contribution in [0.3, 0.4) is 0 Å². The van der Waals surface area contributed by atoms with Crippen LogP contribution in [0.5, 0.6) is 0 Å². The van der Waals surface area contributed by atoms with E-state index in [2.05, 4.69) is 55.4 Å². The average Bonchev–Trinajstić information content (AvgIpc) is 2.37. The van der Waals surface area contributed by atoms with Crippen LogP contribution in [0.25, 0.3) is 0 Å². The Labute approximate surface area is 111 Å². The Balaban J connectivity index is 2.70. The van der Waals surface area contributed by atoms with Crippen LogP contribution in [-0.4, -0.2) is 45.3 Å². The molecule has 0 bridgehead atoms. The molecule has 0 saturated heterocycles. The van der Waals surface area contributed by atoms with Crippen molar-refractivity contribution in [3.8, 4) is 0 Å². The number of rotatable bonds is 7. The van der Waals surface area contributed by atoms with Gasteiger partial charge in [0.05, 0.1) is 6.61 Å². The van der Waals surface area contributed by atoms with Gasteiger partial charge in [-0.05, 0) is 39.1 Å². The fraction of sp³-hybridized carbons (Fsp3) is 0.600. The number of nitrogens with one attached hydrogen (secondary N) is 1. The smallest absolute Gasteiger partial charge is 0.0615 e. The number of hydrogen-bond donors (Lipinski definition) is 1. The molecule has 1 aromatic rings. The number of aryl methyl sites for hydroxylation is 1. The number of likely N-dealkylation sites (N-methyl/N-ethyl adjacent to an activating group) is 2. The Morgan fingerprint density at radius 2 is 2.00 bits per heavy atom. The minimum atomic E-state index is 0.357. The predicted molar refractivity (Wildman–Crippen MR) is 76.9 cm³/mol. The van der Waals surface area contributed by atoms with E-state index in [-0.39, 0.29) is 0 Å². The van der Waals surface area contributed by atoms with Crippen LogP contribution in [0.15, 0.2) is 24.3 Å². The molecular weight excluding hydrogens is 224 g/mol. The minimum Gasteiger partial charge on any atom is -0.383 e. The molecule has 0 aliphatic rings. The largest absolute Gasteiger partial charge is 0.383 e. The Hall–Kier alpha value is -0.900.